The van der Waals surface area contributed by atoms with Crippen molar-refractivity contribution in [1.29, 1.82) is 0 Å². The highest BCUT2D eigenvalue weighted by molar-refractivity contribution is 5.36. The van der Waals surface area contributed by atoms with E-state index in [-0.39, 0.29) is 0 Å². The lowest BCUT2D eigenvalue weighted by atomic mass is 10.4. The van der Waals surface area contributed by atoms with E-state index in [4.69, 9.17) is 4.74 Å². The Labute approximate surface area is 54.0 Å². The predicted octanol–water partition coefficient (Wildman–Crippen LogP) is 0.872. The minimum atomic E-state index is 0.506. The summed E-state index contributed by atoms with van der Waals surface area (Å²) in [6.45, 7) is 4.02. The highest BCUT2D eigenvalue weighted by Crippen LogP contribution is 1.96. The minimum Gasteiger partial charge on any atom is -0.384 e. The van der Waals surface area contributed by atoms with Crippen LogP contribution in [0.2, 0.25) is 0 Å². The molecule has 9 heavy (non-hydrogen) atoms. The van der Waals surface area contributed by atoms with Gasteiger partial charge in [0.25, 0.3) is 0 Å². The van der Waals surface area contributed by atoms with Crippen molar-refractivity contribution in [2.45, 2.75) is 6.42 Å². The molecule has 0 rings (SSSR count). The van der Waals surface area contributed by atoms with Crippen molar-refractivity contribution < 1.29 is 9.53 Å². The fourth-order valence-corrected chi connectivity index (χ4v) is 0.340. The van der Waals surface area contributed by atoms with Crippen LogP contribution in [0.15, 0.2) is 17.3 Å². The van der Waals surface area contributed by atoms with E-state index in [0.29, 0.717) is 18.7 Å². The molecule has 0 fully saturated rings. The second-order valence-electron chi connectivity index (χ2n) is 1.51. The maximum atomic E-state index is 9.59. The summed E-state index contributed by atoms with van der Waals surface area (Å²) in [6.07, 6.45) is 1.99. The van der Waals surface area contributed by atoms with Crippen LogP contribution < -0.4 is 0 Å². The van der Waals surface area contributed by atoms with Gasteiger partial charge in [0.2, 0.25) is 6.08 Å². The molecule has 0 saturated carbocycles. The molecule has 0 heterocycles. The Morgan fingerprint density at radius 1 is 1.89 bits per heavy atom. The molecular formula is C6H9NO2. The lowest BCUT2D eigenvalue weighted by Gasteiger charge is -1.93. The number of methoxy groups -OCH3 is 1. The van der Waals surface area contributed by atoms with Crippen molar-refractivity contribution >= 4 is 6.08 Å². The van der Waals surface area contributed by atoms with Crippen LogP contribution in [-0.4, -0.2) is 19.8 Å². The molecule has 0 N–H and O–H groups in total. The van der Waals surface area contributed by atoms with Crippen LogP contribution in [0.25, 0.3) is 0 Å². The lowest BCUT2D eigenvalue weighted by molar-refractivity contribution is 0.202. The molecule has 0 aliphatic carbocycles. The lowest BCUT2D eigenvalue weighted by Crippen LogP contribution is -1.88. The zero-order valence-corrected chi connectivity index (χ0v) is 5.39. The fraction of sp³-hybridized carbons (Fsp3) is 0.500. The zero-order valence-electron chi connectivity index (χ0n) is 5.39. The summed E-state index contributed by atoms with van der Waals surface area (Å²) in [5, 5.41) is 0. The van der Waals surface area contributed by atoms with E-state index in [1.165, 1.54) is 6.08 Å². The summed E-state index contributed by atoms with van der Waals surface area (Å²) < 4.78 is 4.71. The molecule has 0 bridgehead atoms. The highest BCUT2D eigenvalue weighted by atomic mass is 16.5. The quantitative estimate of drug-likeness (QED) is 0.415. The first-order chi connectivity index (χ1) is 4.31. The number of carbonyl (C=O) groups excluding carboxylic acids is 1. The van der Waals surface area contributed by atoms with Gasteiger partial charge in [-0.3, -0.25) is 0 Å². The van der Waals surface area contributed by atoms with Crippen molar-refractivity contribution in [3.05, 3.63) is 12.3 Å². The molecule has 0 aliphatic heterocycles. The van der Waals surface area contributed by atoms with E-state index >= 15 is 0 Å². The number of nitrogens with zero attached hydrogens (tertiary/aromatic N) is 1. The number of hydrogen-bond donors (Lipinski definition) is 0. The van der Waals surface area contributed by atoms with Gasteiger partial charge in [-0.2, -0.15) is 4.99 Å². The average molecular weight is 127 g/mol. The molecular weight excluding hydrogens is 118 g/mol. The van der Waals surface area contributed by atoms with Gasteiger partial charge >= 0.3 is 0 Å². The van der Waals surface area contributed by atoms with Crippen molar-refractivity contribution in [1.82, 2.24) is 0 Å². The molecule has 0 unspecified atom stereocenters. The van der Waals surface area contributed by atoms with Crippen LogP contribution in [0.1, 0.15) is 6.42 Å². The Kier molecular flexibility index (Phi) is 4.69. The van der Waals surface area contributed by atoms with Crippen LogP contribution in [0.5, 0.6) is 0 Å². The summed E-state index contributed by atoms with van der Waals surface area (Å²) in [7, 11) is 1.58. The van der Waals surface area contributed by atoms with Crippen LogP contribution in [0.4, 0.5) is 0 Å². The topological polar surface area (TPSA) is 38.7 Å². The fourth-order valence-electron chi connectivity index (χ4n) is 0.340. The van der Waals surface area contributed by atoms with Gasteiger partial charge in [0, 0.05) is 19.2 Å². The van der Waals surface area contributed by atoms with E-state index in [1.807, 2.05) is 0 Å². The monoisotopic (exact) mass is 127 g/mol. The number of ether oxygens (including phenoxy) is 1. The van der Waals surface area contributed by atoms with Crippen LogP contribution >= 0.6 is 0 Å². The molecule has 0 saturated heterocycles. The molecule has 0 amide bonds. The third kappa shape index (κ3) is 4.94. The van der Waals surface area contributed by atoms with E-state index in [9.17, 15) is 4.79 Å². The Hall–Kier alpha value is -0.920. The highest BCUT2D eigenvalue weighted by Gasteiger charge is 1.87. The van der Waals surface area contributed by atoms with Crippen LogP contribution in [0.3, 0.4) is 0 Å². The van der Waals surface area contributed by atoms with Gasteiger partial charge in [-0.25, -0.2) is 4.79 Å². The van der Waals surface area contributed by atoms with Crippen LogP contribution in [-0.2, 0) is 9.53 Å². The SMILES string of the molecule is C=C(CCOC)N=C=O. The third-order valence-corrected chi connectivity index (χ3v) is 0.799. The Balaban J connectivity index is 3.39. The van der Waals surface area contributed by atoms with E-state index in [1.54, 1.807) is 7.11 Å². The van der Waals surface area contributed by atoms with Gasteiger partial charge in [-0.05, 0) is 0 Å². The molecule has 0 aromatic rings. The van der Waals surface area contributed by atoms with E-state index in [2.05, 4.69) is 11.6 Å². The van der Waals surface area contributed by atoms with Crippen molar-refractivity contribution in [3.63, 3.8) is 0 Å². The van der Waals surface area contributed by atoms with Crippen molar-refractivity contribution in [3.8, 4) is 0 Å². The normalized spacial score (nSPS) is 8.11. The summed E-state index contributed by atoms with van der Waals surface area (Å²) in [4.78, 5) is 12.9. The number of isocyanates is 1. The second-order valence-corrected chi connectivity index (χ2v) is 1.51. The molecule has 0 radical (unpaired) electrons. The first kappa shape index (κ1) is 8.08. The van der Waals surface area contributed by atoms with Gasteiger partial charge < -0.3 is 4.74 Å². The second kappa shape index (κ2) is 5.22. The maximum absolute atomic E-state index is 9.59. The largest absolute Gasteiger partial charge is 0.384 e. The average Bonchev–Trinajstić information content (AvgIpc) is 1.85. The van der Waals surface area contributed by atoms with E-state index < -0.39 is 0 Å². The first-order valence-corrected chi connectivity index (χ1v) is 2.56. The molecule has 50 valence electrons. The Morgan fingerprint density at radius 2 is 2.56 bits per heavy atom. The third-order valence-electron chi connectivity index (χ3n) is 0.799. The van der Waals surface area contributed by atoms with Gasteiger partial charge in [-0.1, -0.05) is 6.58 Å². The Morgan fingerprint density at radius 3 is 3.00 bits per heavy atom. The summed E-state index contributed by atoms with van der Waals surface area (Å²) >= 11 is 0. The molecule has 0 aromatic carbocycles. The molecule has 3 heteroatoms. The molecule has 3 nitrogen and oxygen atoms in total. The smallest absolute Gasteiger partial charge is 0.240 e. The molecule has 0 aliphatic rings. The van der Waals surface area contributed by atoms with Crippen molar-refractivity contribution in [2.24, 2.45) is 4.99 Å². The number of aliphatic imine (C=N–C) groups is 1. The van der Waals surface area contributed by atoms with Gasteiger partial charge in [0.15, 0.2) is 0 Å². The predicted molar refractivity (Wildman–Crippen MR) is 33.8 cm³/mol. The number of rotatable bonds is 4. The van der Waals surface area contributed by atoms with Gasteiger partial charge in [0.1, 0.15) is 0 Å². The van der Waals surface area contributed by atoms with E-state index in [0.717, 1.165) is 0 Å². The summed E-state index contributed by atoms with van der Waals surface area (Å²) in [6, 6.07) is 0. The van der Waals surface area contributed by atoms with Crippen molar-refractivity contribution in [2.75, 3.05) is 13.7 Å². The summed E-state index contributed by atoms with van der Waals surface area (Å²) in [5.74, 6) is 0. The molecule has 0 aromatic heterocycles. The van der Waals surface area contributed by atoms with Gasteiger partial charge in [0.05, 0.1) is 6.61 Å². The summed E-state index contributed by atoms with van der Waals surface area (Å²) in [5.41, 5.74) is 0.506. The standard InChI is InChI=1S/C6H9NO2/c1-6(7-5-8)3-4-9-2/h1,3-4H2,2H3. The maximum Gasteiger partial charge on any atom is 0.240 e. The van der Waals surface area contributed by atoms with Gasteiger partial charge in [-0.15, -0.1) is 0 Å². The zero-order chi connectivity index (χ0) is 7.11. The molecule has 0 atom stereocenters. The minimum absolute atomic E-state index is 0.506. The number of hydrogen-bond acceptors (Lipinski definition) is 3. The molecule has 0 spiro atoms. The first-order valence-electron chi connectivity index (χ1n) is 2.56. The van der Waals surface area contributed by atoms with Crippen LogP contribution in [0, 0.1) is 0 Å². The Bertz CT molecular complexity index is 136.